The molecule has 2 rings (SSSR count). The van der Waals surface area contributed by atoms with Crippen molar-refractivity contribution in [1.82, 2.24) is 9.97 Å². The fraction of sp³-hybridized carbons (Fsp3) is 0.100. The number of aliphatic hydroxyl groups is 1. The fourth-order valence-corrected chi connectivity index (χ4v) is 1.34. The number of hydrogen-bond donors (Lipinski definition) is 2. The Hall–Kier alpha value is -1.32. The minimum atomic E-state index is -0.0758. The third-order valence-corrected chi connectivity index (χ3v) is 2.17. The summed E-state index contributed by atoms with van der Waals surface area (Å²) in [7, 11) is 0. The molecule has 14 heavy (non-hydrogen) atoms. The molecule has 0 aliphatic heterocycles. The Morgan fingerprint density at radius 1 is 1.29 bits per heavy atom. The molecule has 0 aliphatic carbocycles. The smallest absolute Gasteiger partial charge is 0.132 e. The Balaban J connectivity index is 2.34. The predicted molar refractivity (Wildman–Crippen MR) is 55.0 cm³/mol. The van der Waals surface area contributed by atoms with Crippen LogP contribution in [0.25, 0.3) is 11.3 Å². The molecule has 0 aliphatic rings. The van der Waals surface area contributed by atoms with Crippen molar-refractivity contribution in [3.05, 3.63) is 41.3 Å². The maximum atomic E-state index is 8.83. The van der Waals surface area contributed by atoms with Gasteiger partial charge in [0.15, 0.2) is 0 Å². The number of aliphatic hydroxyl groups excluding tert-OH is 1. The predicted octanol–water partition coefficient (Wildman–Crippen LogP) is 2.22. The Bertz CT molecular complexity index is 422. The summed E-state index contributed by atoms with van der Waals surface area (Å²) in [6.07, 6.45) is 1.76. The first-order valence-corrected chi connectivity index (χ1v) is 4.58. The number of aromatic amines is 1. The van der Waals surface area contributed by atoms with E-state index in [4.69, 9.17) is 16.7 Å². The number of nitrogens with zero attached hydrogens (tertiary/aromatic N) is 1. The lowest BCUT2D eigenvalue weighted by molar-refractivity contribution is 0.272. The van der Waals surface area contributed by atoms with Crippen molar-refractivity contribution >= 4 is 11.6 Å². The van der Waals surface area contributed by atoms with Gasteiger partial charge < -0.3 is 10.1 Å². The van der Waals surface area contributed by atoms with Crippen LogP contribution in [0.1, 0.15) is 5.82 Å². The summed E-state index contributed by atoms with van der Waals surface area (Å²) < 4.78 is 0. The summed E-state index contributed by atoms with van der Waals surface area (Å²) in [4.78, 5) is 7.05. The highest BCUT2D eigenvalue weighted by Crippen LogP contribution is 2.19. The van der Waals surface area contributed by atoms with Crippen molar-refractivity contribution in [3.63, 3.8) is 0 Å². The van der Waals surface area contributed by atoms with Crippen molar-refractivity contribution in [2.45, 2.75) is 6.61 Å². The van der Waals surface area contributed by atoms with Crippen LogP contribution < -0.4 is 0 Å². The lowest BCUT2D eigenvalue weighted by atomic mass is 10.2. The molecule has 1 heterocycles. The van der Waals surface area contributed by atoms with Gasteiger partial charge in [-0.15, -0.1) is 0 Å². The van der Waals surface area contributed by atoms with E-state index in [0.29, 0.717) is 10.8 Å². The summed E-state index contributed by atoms with van der Waals surface area (Å²) in [6, 6.07) is 7.40. The van der Waals surface area contributed by atoms with E-state index >= 15 is 0 Å². The van der Waals surface area contributed by atoms with Gasteiger partial charge >= 0.3 is 0 Å². The molecule has 0 spiro atoms. The normalized spacial score (nSPS) is 10.4. The topological polar surface area (TPSA) is 48.9 Å². The highest BCUT2D eigenvalue weighted by molar-refractivity contribution is 6.30. The van der Waals surface area contributed by atoms with Gasteiger partial charge in [-0.25, -0.2) is 4.98 Å². The number of aromatic nitrogens is 2. The number of H-pyrrole nitrogens is 1. The van der Waals surface area contributed by atoms with E-state index in [1.54, 1.807) is 6.20 Å². The van der Waals surface area contributed by atoms with E-state index < -0.39 is 0 Å². The molecule has 0 fully saturated rings. The molecule has 0 atom stereocenters. The lowest BCUT2D eigenvalue weighted by Gasteiger charge is -1.95. The third kappa shape index (κ3) is 1.78. The summed E-state index contributed by atoms with van der Waals surface area (Å²) in [6.45, 7) is -0.0758. The maximum Gasteiger partial charge on any atom is 0.132 e. The Morgan fingerprint density at radius 2 is 2.00 bits per heavy atom. The first kappa shape index (κ1) is 9.24. The minimum absolute atomic E-state index is 0.0758. The van der Waals surface area contributed by atoms with Gasteiger partial charge in [0.1, 0.15) is 12.4 Å². The van der Waals surface area contributed by atoms with Crippen LogP contribution in [-0.4, -0.2) is 15.1 Å². The van der Waals surface area contributed by atoms with Crippen molar-refractivity contribution < 1.29 is 5.11 Å². The van der Waals surface area contributed by atoms with Gasteiger partial charge in [-0.1, -0.05) is 23.7 Å². The Kier molecular flexibility index (Phi) is 2.52. The highest BCUT2D eigenvalue weighted by Gasteiger charge is 2.02. The molecule has 0 amide bonds. The van der Waals surface area contributed by atoms with Crippen molar-refractivity contribution in [2.24, 2.45) is 0 Å². The van der Waals surface area contributed by atoms with Crippen LogP contribution in [0.2, 0.25) is 5.02 Å². The molecular formula is C10H9ClN2O. The summed E-state index contributed by atoms with van der Waals surface area (Å²) in [5.74, 6) is 0.565. The van der Waals surface area contributed by atoms with Crippen LogP contribution in [0.15, 0.2) is 30.5 Å². The van der Waals surface area contributed by atoms with Crippen LogP contribution >= 0.6 is 11.6 Å². The van der Waals surface area contributed by atoms with Crippen LogP contribution in [0.5, 0.6) is 0 Å². The number of rotatable bonds is 2. The highest BCUT2D eigenvalue weighted by atomic mass is 35.5. The van der Waals surface area contributed by atoms with Crippen LogP contribution in [0.4, 0.5) is 0 Å². The number of halogens is 1. The third-order valence-electron chi connectivity index (χ3n) is 1.92. The van der Waals surface area contributed by atoms with E-state index in [1.807, 2.05) is 24.3 Å². The van der Waals surface area contributed by atoms with E-state index in [0.717, 1.165) is 11.3 Å². The molecule has 3 nitrogen and oxygen atoms in total. The van der Waals surface area contributed by atoms with Gasteiger partial charge in [0.25, 0.3) is 0 Å². The van der Waals surface area contributed by atoms with Gasteiger partial charge in [-0.3, -0.25) is 0 Å². The number of nitrogens with one attached hydrogen (secondary N) is 1. The molecule has 1 aromatic heterocycles. The van der Waals surface area contributed by atoms with E-state index in [9.17, 15) is 0 Å². The summed E-state index contributed by atoms with van der Waals surface area (Å²) in [5.41, 5.74) is 1.79. The van der Waals surface area contributed by atoms with E-state index in [2.05, 4.69) is 9.97 Å². The molecule has 2 aromatic rings. The zero-order valence-corrected chi connectivity index (χ0v) is 8.12. The second kappa shape index (κ2) is 3.82. The monoisotopic (exact) mass is 208 g/mol. The van der Waals surface area contributed by atoms with Crippen molar-refractivity contribution in [3.8, 4) is 11.3 Å². The fourth-order valence-electron chi connectivity index (χ4n) is 1.21. The second-order valence-electron chi connectivity index (χ2n) is 2.90. The largest absolute Gasteiger partial charge is 0.388 e. The molecule has 72 valence electrons. The molecule has 1 aromatic carbocycles. The zero-order chi connectivity index (χ0) is 9.97. The van der Waals surface area contributed by atoms with Crippen LogP contribution in [0.3, 0.4) is 0 Å². The number of imidazole rings is 1. The molecule has 4 heteroatoms. The molecule has 2 N–H and O–H groups in total. The van der Waals surface area contributed by atoms with Gasteiger partial charge in [0.2, 0.25) is 0 Å². The van der Waals surface area contributed by atoms with Gasteiger partial charge in [0.05, 0.1) is 5.69 Å². The summed E-state index contributed by atoms with van der Waals surface area (Å²) >= 11 is 5.76. The van der Waals surface area contributed by atoms with Gasteiger partial charge in [-0.2, -0.15) is 0 Å². The molecule has 0 saturated heterocycles. The first-order chi connectivity index (χ1) is 6.79. The van der Waals surface area contributed by atoms with Crippen molar-refractivity contribution in [1.29, 1.82) is 0 Å². The Labute approximate surface area is 86.4 Å². The molecular weight excluding hydrogens is 200 g/mol. The first-order valence-electron chi connectivity index (χ1n) is 4.20. The zero-order valence-electron chi connectivity index (χ0n) is 7.37. The minimum Gasteiger partial charge on any atom is -0.388 e. The molecule has 0 radical (unpaired) electrons. The van der Waals surface area contributed by atoms with E-state index in [-0.39, 0.29) is 6.61 Å². The van der Waals surface area contributed by atoms with Gasteiger partial charge in [-0.05, 0) is 12.1 Å². The molecule has 0 saturated carbocycles. The SMILES string of the molecule is OCc1nc(-c2ccc(Cl)cc2)c[nH]1. The van der Waals surface area contributed by atoms with Crippen LogP contribution in [-0.2, 0) is 6.61 Å². The number of hydrogen-bond acceptors (Lipinski definition) is 2. The molecule has 0 bridgehead atoms. The van der Waals surface area contributed by atoms with Gasteiger partial charge in [0, 0.05) is 16.8 Å². The Morgan fingerprint density at radius 3 is 2.57 bits per heavy atom. The average Bonchev–Trinajstić information content (AvgIpc) is 2.67. The molecule has 0 unspecified atom stereocenters. The second-order valence-corrected chi connectivity index (χ2v) is 3.33. The van der Waals surface area contributed by atoms with Crippen molar-refractivity contribution in [2.75, 3.05) is 0 Å². The summed E-state index contributed by atoms with van der Waals surface area (Å²) in [5, 5.41) is 9.53. The van der Waals surface area contributed by atoms with E-state index in [1.165, 1.54) is 0 Å². The van der Waals surface area contributed by atoms with Crippen LogP contribution in [0, 0.1) is 0 Å². The standard InChI is InChI=1S/C10H9ClN2O/c11-8-3-1-7(2-4-8)9-5-12-10(6-14)13-9/h1-5,14H,6H2,(H,12,13). The quantitative estimate of drug-likeness (QED) is 0.795. The lowest BCUT2D eigenvalue weighted by Crippen LogP contribution is -1.84. The number of benzene rings is 1. The maximum absolute atomic E-state index is 8.83. The average molecular weight is 209 g/mol.